The maximum atomic E-state index is 5.43. The fourth-order valence-electron chi connectivity index (χ4n) is 1.34. The van der Waals surface area contributed by atoms with Crippen molar-refractivity contribution in [2.45, 2.75) is 33.4 Å². The second kappa shape index (κ2) is 5.16. The van der Waals surface area contributed by atoms with Crippen LogP contribution in [0.5, 0.6) is 0 Å². The molecule has 1 rings (SSSR count). The zero-order chi connectivity index (χ0) is 11.4. The van der Waals surface area contributed by atoms with Crippen molar-refractivity contribution in [2.75, 3.05) is 19.0 Å². The maximum Gasteiger partial charge on any atom is 0.297 e. The van der Waals surface area contributed by atoms with Crippen LogP contribution in [0.1, 0.15) is 26.5 Å². The summed E-state index contributed by atoms with van der Waals surface area (Å²) in [6.45, 7) is 7.30. The highest BCUT2D eigenvalue weighted by molar-refractivity contribution is 5.27. The van der Waals surface area contributed by atoms with Gasteiger partial charge in [-0.25, -0.2) is 0 Å². The highest BCUT2D eigenvalue weighted by Crippen LogP contribution is 2.18. The van der Waals surface area contributed by atoms with Gasteiger partial charge in [0.05, 0.1) is 5.69 Å². The van der Waals surface area contributed by atoms with E-state index in [-0.39, 0.29) is 0 Å². The van der Waals surface area contributed by atoms with Crippen LogP contribution in [0, 0.1) is 5.92 Å². The van der Waals surface area contributed by atoms with Crippen molar-refractivity contribution in [2.24, 2.45) is 5.92 Å². The van der Waals surface area contributed by atoms with E-state index in [2.05, 4.69) is 36.0 Å². The van der Waals surface area contributed by atoms with E-state index in [1.54, 1.807) is 6.26 Å². The van der Waals surface area contributed by atoms with Gasteiger partial charge in [0, 0.05) is 19.6 Å². The van der Waals surface area contributed by atoms with Crippen LogP contribution in [-0.2, 0) is 6.54 Å². The highest BCUT2D eigenvalue weighted by Gasteiger charge is 2.17. The van der Waals surface area contributed by atoms with E-state index >= 15 is 0 Å². The number of hydrogen-bond donors (Lipinski definition) is 1. The summed E-state index contributed by atoms with van der Waals surface area (Å²) >= 11 is 0. The van der Waals surface area contributed by atoms with Crippen molar-refractivity contribution in [3.8, 4) is 0 Å². The largest absolute Gasteiger partial charge is 0.432 e. The van der Waals surface area contributed by atoms with Crippen LogP contribution in [0.4, 0.5) is 6.01 Å². The molecule has 0 radical (unpaired) electrons. The van der Waals surface area contributed by atoms with Gasteiger partial charge in [0.25, 0.3) is 6.01 Å². The number of aromatic nitrogens is 1. The summed E-state index contributed by atoms with van der Waals surface area (Å²) in [6.07, 6.45) is 1.70. The molecule has 0 aliphatic carbocycles. The summed E-state index contributed by atoms with van der Waals surface area (Å²) in [6, 6.07) is 1.12. The van der Waals surface area contributed by atoms with Crippen molar-refractivity contribution in [1.82, 2.24) is 10.3 Å². The second-order valence-corrected chi connectivity index (χ2v) is 4.25. The Morgan fingerprint density at radius 1 is 1.47 bits per heavy atom. The van der Waals surface area contributed by atoms with Gasteiger partial charge >= 0.3 is 0 Å². The van der Waals surface area contributed by atoms with Gasteiger partial charge in [-0.2, -0.15) is 4.98 Å². The maximum absolute atomic E-state index is 5.43. The molecule has 1 aromatic heterocycles. The zero-order valence-electron chi connectivity index (χ0n) is 10.2. The Kier molecular flexibility index (Phi) is 4.15. The fraction of sp³-hybridized carbons (Fsp3) is 0.727. The fourth-order valence-corrected chi connectivity index (χ4v) is 1.34. The summed E-state index contributed by atoms with van der Waals surface area (Å²) in [7, 11) is 3.91. The molecule has 0 spiro atoms. The number of nitrogens with one attached hydrogen (secondary N) is 1. The molecule has 1 atom stereocenters. The highest BCUT2D eigenvalue weighted by atomic mass is 16.4. The topological polar surface area (TPSA) is 41.3 Å². The minimum absolute atomic E-state index is 0.422. The molecular formula is C11H21N3O. The van der Waals surface area contributed by atoms with Gasteiger partial charge < -0.3 is 14.6 Å². The van der Waals surface area contributed by atoms with E-state index < -0.39 is 0 Å². The van der Waals surface area contributed by atoms with E-state index in [4.69, 9.17) is 4.42 Å². The Labute approximate surface area is 91.7 Å². The van der Waals surface area contributed by atoms with Gasteiger partial charge in [0.2, 0.25) is 0 Å². The minimum atomic E-state index is 0.422. The number of rotatable bonds is 5. The number of hydrogen-bond acceptors (Lipinski definition) is 4. The lowest BCUT2D eigenvalue weighted by Gasteiger charge is -2.26. The number of oxazole rings is 1. The Bertz CT molecular complexity index is 296. The third kappa shape index (κ3) is 2.96. The van der Waals surface area contributed by atoms with Crippen LogP contribution >= 0.6 is 0 Å². The lowest BCUT2D eigenvalue weighted by Crippen LogP contribution is -2.33. The minimum Gasteiger partial charge on any atom is -0.432 e. The molecule has 0 bridgehead atoms. The van der Waals surface area contributed by atoms with Crippen molar-refractivity contribution in [3.63, 3.8) is 0 Å². The lowest BCUT2D eigenvalue weighted by molar-refractivity contribution is 0.457. The van der Waals surface area contributed by atoms with Crippen LogP contribution < -0.4 is 10.2 Å². The van der Waals surface area contributed by atoms with Crippen molar-refractivity contribution < 1.29 is 4.42 Å². The second-order valence-electron chi connectivity index (χ2n) is 4.25. The molecule has 0 aliphatic heterocycles. The molecule has 0 amide bonds. The van der Waals surface area contributed by atoms with E-state index in [1.807, 2.05) is 14.1 Å². The Morgan fingerprint density at radius 2 is 2.13 bits per heavy atom. The molecule has 1 heterocycles. The Morgan fingerprint density at radius 3 is 2.67 bits per heavy atom. The quantitative estimate of drug-likeness (QED) is 0.807. The summed E-state index contributed by atoms with van der Waals surface area (Å²) in [5.74, 6) is 0.578. The Balaban J connectivity index is 2.69. The lowest BCUT2D eigenvalue weighted by atomic mass is 10.1. The van der Waals surface area contributed by atoms with Crippen molar-refractivity contribution in [3.05, 3.63) is 12.0 Å². The van der Waals surface area contributed by atoms with Crippen LogP contribution in [0.2, 0.25) is 0 Å². The first-order chi connectivity index (χ1) is 7.06. The number of nitrogens with zero attached hydrogens (tertiary/aromatic N) is 2. The van der Waals surface area contributed by atoms with Crippen LogP contribution in [0.15, 0.2) is 10.7 Å². The van der Waals surface area contributed by atoms with Crippen molar-refractivity contribution in [1.29, 1.82) is 0 Å². The summed E-state index contributed by atoms with van der Waals surface area (Å²) < 4.78 is 5.43. The van der Waals surface area contributed by atoms with Crippen LogP contribution in [0.3, 0.4) is 0 Å². The van der Waals surface area contributed by atoms with Gasteiger partial charge in [0.1, 0.15) is 6.26 Å². The third-order valence-corrected chi connectivity index (χ3v) is 2.77. The average molecular weight is 211 g/mol. The summed E-state index contributed by atoms with van der Waals surface area (Å²) in [5, 5.41) is 3.05. The average Bonchev–Trinajstić information content (AvgIpc) is 2.64. The first-order valence-corrected chi connectivity index (χ1v) is 5.38. The van der Waals surface area contributed by atoms with E-state index in [1.165, 1.54) is 0 Å². The zero-order valence-corrected chi connectivity index (χ0v) is 10.2. The predicted molar refractivity (Wildman–Crippen MR) is 62.0 cm³/mol. The van der Waals surface area contributed by atoms with Gasteiger partial charge in [-0.3, -0.25) is 0 Å². The van der Waals surface area contributed by atoms with Gasteiger partial charge in [-0.15, -0.1) is 0 Å². The molecule has 0 saturated heterocycles. The molecule has 0 saturated carbocycles. The Hall–Kier alpha value is -1.03. The standard InChI is InChI=1S/C11H21N3O/c1-8(2)9(3)14(5)11-13-10(6-12-4)7-15-11/h7-9,12H,6H2,1-5H3. The first-order valence-electron chi connectivity index (χ1n) is 5.38. The molecule has 0 aliphatic rings. The molecule has 1 aromatic rings. The molecule has 15 heavy (non-hydrogen) atoms. The molecule has 0 fully saturated rings. The van der Waals surface area contributed by atoms with Crippen LogP contribution in [-0.4, -0.2) is 25.1 Å². The van der Waals surface area contributed by atoms with Crippen LogP contribution in [0.25, 0.3) is 0 Å². The van der Waals surface area contributed by atoms with Gasteiger partial charge in [-0.1, -0.05) is 13.8 Å². The third-order valence-electron chi connectivity index (χ3n) is 2.77. The SMILES string of the molecule is CNCc1coc(N(C)C(C)C(C)C)n1. The smallest absolute Gasteiger partial charge is 0.297 e. The van der Waals surface area contributed by atoms with E-state index in [0.717, 1.165) is 12.2 Å². The summed E-state index contributed by atoms with van der Waals surface area (Å²) in [4.78, 5) is 6.47. The molecule has 1 unspecified atom stereocenters. The number of anilines is 1. The van der Waals surface area contributed by atoms with E-state index in [0.29, 0.717) is 18.0 Å². The molecule has 0 aromatic carbocycles. The molecule has 4 nitrogen and oxygen atoms in total. The van der Waals surface area contributed by atoms with E-state index in [9.17, 15) is 0 Å². The monoisotopic (exact) mass is 211 g/mol. The summed E-state index contributed by atoms with van der Waals surface area (Å²) in [5.41, 5.74) is 0.940. The molecular weight excluding hydrogens is 190 g/mol. The molecule has 1 N–H and O–H groups in total. The first kappa shape index (κ1) is 12.0. The molecule has 86 valence electrons. The van der Waals surface area contributed by atoms with Crippen molar-refractivity contribution >= 4 is 6.01 Å². The normalized spacial score (nSPS) is 13.2. The predicted octanol–water partition coefficient (Wildman–Crippen LogP) is 1.87. The van der Waals surface area contributed by atoms with Gasteiger partial charge in [-0.05, 0) is 19.9 Å². The molecule has 4 heteroatoms. The van der Waals surface area contributed by atoms with Gasteiger partial charge in [0.15, 0.2) is 0 Å².